The first-order valence-electron chi connectivity index (χ1n) is 4.54. The fourth-order valence-corrected chi connectivity index (χ4v) is 0.604. The molecule has 0 aromatic carbocycles. The Labute approximate surface area is 85.8 Å². The molecule has 0 fully saturated rings. The highest BCUT2D eigenvalue weighted by Crippen LogP contribution is 1.76. The predicted molar refractivity (Wildman–Crippen MR) is 64.9 cm³/mol. The summed E-state index contributed by atoms with van der Waals surface area (Å²) in [5.41, 5.74) is 0. The first-order valence-corrected chi connectivity index (χ1v) is 4.54. The molecule has 2 nitrogen and oxygen atoms in total. The van der Waals surface area contributed by atoms with E-state index in [0.29, 0.717) is 0 Å². The Kier molecular flexibility index (Phi) is 9.93. The van der Waals surface area contributed by atoms with Gasteiger partial charge in [-0.1, -0.05) is 36.5 Å². The average molecular weight is 188 g/mol. The molecular formula is C12H16N2. The lowest BCUT2D eigenvalue weighted by molar-refractivity contribution is 1.27. The SMILES string of the molecule is C/C=C/C=C/C=N/N=C/C=C/C=C/C. The molecule has 0 aliphatic rings. The normalized spacial score (nSPS) is 14.1. The lowest BCUT2D eigenvalue weighted by Gasteiger charge is -1.73. The number of rotatable bonds is 5. The van der Waals surface area contributed by atoms with E-state index in [1.165, 1.54) is 0 Å². The maximum atomic E-state index is 3.79. The van der Waals surface area contributed by atoms with Gasteiger partial charge in [-0.05, 0) is 26.0 Å². The van der Waals surface area contributed by atoms with Gasteiger partial charge in [0, 0.05) is 12.4 Å². The fraction of sp³-hybridized carbons (Fsp3) is 0.167. The Balaban J connectivity index is 3.70. The molecule has 2 heteroatoms. The fourth-order valence-electron chi connectivity index (χ4n) is 0.604. The summed E-state index contributed by atoms with van der Waals surface area (Å²) < 4.78 is 0. The zero-order chi connectivity index (χ0) is 10.5. The van der Waals surface area contributed by atoms with Crippen LogP contribution in [0.4, 0.5) is 0 Å². The Hall–Kier alpha value is -1.70. The van der Waals surface area contributed by atoms with Crippen LogP contribution in [-0.2, 0) is 0 Å². The Bertz CT molecular complexity index is 249. The van der Waals surface area contributed by atoms with Gasteiger partial charge in [0.05, 0.1) is 0 Å². The largest absolute Gasteiger partial charge is 0.159 e. The molecule has 0 aromatic heterocycles. The molecule has 14 heavy (non-hydrogen) atoms. The van der Waals surface area contributed by atoms with Gasteiger partial charge in [-0.2, -0.15) is 10.2 Å². The van der Waals surface area contributed by atoms with Crippen LogP contribution in [0.5, 0.6) is 0 Å². The molecule has 0 bridgehead atoms. The standard InChI is InChI=1S/C12H16N2/c1-3-5-7-9-11-13-14-12-10-8-6-4-2/h3-12H,1-2H3/b5-3+,6-4+,9-7+,10-8+,13-11+,14-12+. The molecule has 0 heterocycles. The third kappa shape index (κ3) is 10.3. The highest BCUT2D eigenvalue weighted by molar-refractivity contribution is 5.74. The van der Waals surface area contributed by atoms with Crippen molar-refractivity contribution in [2.75, 3.05) is 0 Å². The quantitative estimate of drug-likeness (QED) is 0.359. The minimum atomic E-state index is 1.64. The van der Waals surface area contributed by atoms with Crippen LogP contribution in [-0.4, -0.2) is 12.4 Å². The van der Waals surface area contributed by atoms with Crippen LogP contribution < -0.4 is 0 Å². The van der Waals surface area contributed by atoms with Crippen molar-refractivity contribution >= 4 is 12.4 Å². The molecule has 0 unspecified atom stereocenters. The Morgan fingerprint density at radius 2 is 1.00 bits per heavy atom. The summed E-state index contributed by atoms with van der Waals surface area (Å²) in [6.45, 7) is 3.93. The van der Waals surface area contributed by atoms with Gasteiger partial charge in [-0.15, -0.1) is 0 Å². The van der Waals surface area contributed by atoms with E-state index in [1.807, 2.05) is 62.5 Å². The first kappa shape index (κ1) is 12.3. The van der Waals surface area contributed by atoms with E-state index in [1.54, 1.807) is 12.4 Å². The lowest BCUT2D eigenvalue weighted by atomic mass is 10.4. The molecule has 0 atom stereocenters. The third-order valence-corrected chi connectivity index (χ3v) is 1.20. The van der Waals surface area contributed by atoms with Crippen LogP contribution >= 0.6 is 0 Å². The summed E-state index contributed by atoms with van der Waals surface area (Å²) in [4.78, 5) is 0. The van der Waals surface area contributed by atoms with E-state index in [9.17, 15) is 0 Å². The van der Waals surface area contributed by atoms with E-state index in [-0.39, 0.29) is 0 Å². The molecule has 0 aliphatic carbocycles. The van der Waals surface area contributed by atoms with Crippen molar-refractivity contribution in [3.05, 3.63) is 48.6 Å². The van der Waals surface area contributed by atoms with E-state index in [4.69, 9.17) is 0 Å². The summed E-state index contributed by atoms with van der Waals surface area (Å²) in [5, 5.41) is 7.58. The van der Waals surface area contributed by atoms with Crippen molar-refractivity contribution in [1.82, 2.24) is 0 Å². The van der Waals surface area contributed by atoms with Gasteiger partial charge < -0.3 is 0 Å². The van der Waals surface area contributed by atoms with Crippen LogP contribution in [0.1, 0.15) is 13.8 Å². The van der Waals surface area contributed by atoms with Gasteiger partial charge in [-0.25, -0.2) is 0 Å². The van der Waals surface area contributed by atoms with Crippen molar-refractivity contribution in [1.29, 1.82) is 0 Å². The zero-order valence-corrected chi connectivity index (χ0v) is 8.67. The van der Waals surface area contributed by atoms with Gasteiger partial charge >= 0.3 is 0 Å². The maximum Gasteiger partial charge on any atom is 0.0495 e. The van der Waals surface area contributed by atoms with E-state index >= 15 is 0 Å². The molecule has 0 rings (SSSR count). The summed E-state index contributed by atoms with van der Waals surface area (Å²) in [5.74, 6) is 0. The van der Waals surface area contributed by atoms with Gasteiger partial charge in [0.2, 0.25) is 0 Å². The average Bonchev–Trinajstić information content (AvgIpc) is 2.21. The highest BCUT2D eigenvalue weighted by Gasteiger charge is 1.63. The first-order chi connectivity index (χ1) is 6.91. The summed E-state index contributed by atoms with van der Waals surface area (Å²) in [6.07, 6.45) is 18.5. The Morgan fingerprint density at radius 3 is 1.36 bits per heavy atom. The summed E-state index contributed by atoms with van der Waals surface area (Å²) >= 11 is 0. The van der Waals surface area contributed by atoms with Crippen molar-refractivity contribution in [2.45, 2.75) is 13.8 Å². The lowest BCUT2D eigenvalue weighted by Crippen LogP contribution is -1.64. The third-order valence-electron chi connectivity index (χ3n) is 1.20. The van der Waals surface area contributed by atoms with E-state index in [0.717, 1.165) is 0 Å². The van der Waals surface area contributed by atoms with Crippen molar-refractivity contribution in [2.24, 2.45) is 10.2 Å². The molecular weight excluding hydrogens is 172 g/mol. The summed E-state index contributed by atoms with van der Waals surface area (Å²) in [7, 11) is 0. The van der Waals surface area contributed by atoms with Crippen LogP contribution in [0, 0.1) is 0 Å². The molecule has 0 radical (unpaired) electrons. The monoisotopic (exact) mass is 188 g/mol. The molecule has 74 valence electrons. The predicted octanol–water partition coefficient (Wildman–Crippen LogP) is 3.31. The second kappa shape index (κ2) is 11.3. The number of allylic oxidation sites excluding steroid dienone is 8. The van der Waals surface area contributed by atoms with Crippen molar-refractivity contribution < 1.29 is 0 Å². The number of nitrogens with zero attached hydrogens (tertiary/aromatic N) is 2. The molecule has 0 aliphatic heterocycles. The molecule has 0 N–H and O–H groups in total. The minimum Gasteiger partial charge on any atom is -0.159 e. The van der Waals surface area contributed by atoms with Crippen molar-refractivity contribution in [3.8, 4) is 0 Å². The molecule has 0 saturated carbocycles. The molecule has 0 amide bonds. The maximum absolute atomic E-state index is 3.79. The summed E-state index contributed by atoms with van der Waals surface area (Å²) in [6, 6.07) is 0. The smallest absolute Gasteiger partial charge is 0.0495 e. The number of hydrogen-bond acceptors (Lipinski definition) is 2. The van der Waals surface area contributed by atoms with Gasteiger partial charge in [-0.3, -0.25) is 0 Å². The van der Waals surface area contributed by atoms with Crippen LogP contribution in [0.15, 0.2) is 58.8 Å². The molecule has 0 aromatic rings. The van der Waals surface area contributed by atoms with Gasteiger partial charge in [0.15, 0.2) is 0 Å². The number of hydrogen-bond donors (Lipinski definition) is 0. The van der Waals surface area contributed by atoms with Crippen LogP contribution in [0.2, 0.25) is 0 Å². The highest BCUT2D eigenvalue weighted by atomic mass is 15.2. The minimum absolute atomic E-state index is 1.64. The molecule has 0 saturated heterocycles. The topological polar surface area (TPSA) is 24.7 Å². The van der Waals surface area contributed by atoms with E-state index in [2.05, 4.69) is 10.2 Å². The van der Waals surface area contributed by atoms with Gasteiger partial charge in [0.25, 0.3) is 0 Å². The second-order valence-corrected chi connectivity index (χ2v) is 2.35. The van der Waals surface area contributed by atoms with Crippen molar-refractivity contribution in [3.63, 3.8) is 0 Å². The van der Waals surface area contributed by atoms with Crippen LogP contribution in [0.3, 0.4) is 0 Å². The van der Waals surface area contributed by atoms with Gasteiger partial charge in [0.1, 0.15) is 0 Å². The zero-order valence-electron chi connectivity index (χ0n) is 8.67. The van der Waals surface area contributed by atoms with E-state index < -0.39 is 0 Å². The molecule has 0 spiro atoms. The van der Waals surface area contributed by atoms with Crippen LogP contribution in [0.25, 0.3) is 0 Å². The second-order valence-electron chi connectivity index (χ2n) is 2.35. The Morgan fingerprint density at radius 1 is 0.571 bits per heavy atom.